The van der Waals surface area contributed by atoms with Gasteiger partial charge in [-0.2, -0.15) is 0 Å². The number of hydrogen-bond donors (Lipinski definition) is 1. The van der Waals surface area contributed by atoms with Crippen molar-refractivity contribution in [2.75, 3.05) is 12.4 Å². The van der Waals surface area contributed by atoms with E-state index in [0.29, 0.717) is 11.7 Å². The van der Waals surface area contributed by atoms with Crippen molar-refractivity contribution in [3.8, 4) is 5.75 Å². The molecule has 0 amide bonds. The number of ether oxygens (including phenoxy) is 1. The molecule has 0 aliphatic heterocycles. The van der Waals surface area contributed by atoms with E-state index in [1.54, 1.807) is 6.07 Å². The van der Waals surface area contributed by atoms with Crippen LogP contribution in [-0.4, -0.2) is 23.4 Å². The van der Waals surface area contributed by atoms with Crippen LogP contribution in [0.2, 0.25) is 0 Å². The Morgan fingerprint density at radius 3 is 2.71 bits per heavy atom. The molecular weight excluding hydrogens is 288 g/mol. The lowest BCUT2D eigenvalue weighted by atomic mass is 10.1. The van der Waals surface area contributed by atoms with Gasteiger partial charge >= 0.3 is 5.97 Å². The third-order valence-electron chi connectivity index (χ3n) is 3.07. The fourth-order valence-electron chi connectivity index (χ4n) is 1.74. The van der Waals surface area contributed by atoms with Crippen molar-refractivity contribution < 1.29 is 19.1 Å². The van der Waals surface area contributed by atoms with Crippen LogP contribution in [0.25, 0.3) is 0 Å². The van der Waals surface area contributed by atoms with Crippen LogP contribution in [0, 0.1) is 13.8 Å². The molecule has 1 aromatic heterocycles. The molecule has 112 valence electrons. The van der Waals surface area contributed by atoms with E-state index >= 15 is 0 Å². The summed E-state index contributed by atoms with van der Waals surface area (Å²) in [5.41, 5.74) is 2.48. The Hall–Kier alpha value is -1.88. The lowest BCUT2D eigenvalue weighted by molar-refractivity contribution is 0.0656. The van der Waals surface area contributed by atoms with Crippen LogP contribution in [0.3, 0.4) is 0 Å². The van der Waals surface area contributed by atoms with Crippen LogP contribution < -0.4 is 4.74 Å². The fraction of sp³-hybridized carbons (Fsp3) is 0.312. The van der Waals surface area contributed by atoms with Crippen molar-refractivity contribution in [3.63, 3.8) is 0 Å². The fourth-order valence-corrected chi connectivity index (χ4v) is 2.51. The van der Waals surface area contributed by atoms with E-state index in [4.69, 9.17) is 14.3 Å². The SMILES string of the molecule is Cc1ccc(OCCCSc2ccc(C(=O)O)o2)cc1C. The summed E-state index contributed by atoms with van der Waals surface area (Å²) in [6.07, 6.45) is 0.862. The number of aryl methyl sites for hydroxylation is 2. The molecule has 21 heavy (non-hydrogen) atoms. The number of carbonyl (C=O) groups is 1. The smallest absolute Gasteiger partial charge is 0.371 e. The van der Waals surface area contributed by atoms with Gasteiger partial charge < -0.3 is 14.3 Å². The molecule has 2 aromatic rings. The molecule has 2 rings (SSSR count). The number of thioether (sulfide) groups is 1. The van der Waals surface area contributed by atoms with Crippen molar-refractivity contribution in [3.05, 3.63) is 47.2 Å². The molecule has 1 heterocycles. The van der Waals surface area contributed by atoms with E-state index in [2.05, 4.69) is 19.9 Å². The van der Waals surface area contributed by atoms with Crippen LogP contribution in [0.5, 0.6) is 5.75 Å². The van der Waals surface area contributed by atoms with Crippen molar-refractivity contribution in [1.82, 2.24) is 0 Å². The van der Waals surface area contributed by atoms with E-state index in [1.807, 2.05) is 12.1 Å². The van der Waals surface area contributed by atoms with Gasteiger partial charge in [-0.15, -0.1) is 0 Å². The van der Waals surface area contributed by atoms with Gasteiger partial charge in [0.05, 0.1) is 6.61 Å². The number of furan rings is 1. The van der Waals surface area contributed by atoms with E-state index in [9.17, 15) is 4.79 Å². The van der Waals surface area contributed by atoms with Crippen molar-refractivity contribution in [2.24, 2.45) is 0 Å². The third kappa shape index (κ3) is 4.56. The highest BCUT2D eigenvalue weighted by molar-refractivity contribution is 7.99. The van der Waals surface area contributed by atoms with Gasteiger partial charge in [0.1, 0.15) is 5.75 Å². The molecule has 0 aliphatic rings. The van der Waals surface area contributed by atoms with Gasteiger partial charge in [0, 0.05) is 5.75 Å². The number of hydrogen-bond acceptors (Lipinski definition) is 4. The van der Waals surface area contributed by atoms with E-state index in [-0.39, 0.29) is 5.76 Å². The lowest BCUT2D eigenvalue weighted by Gasteiger charge is -2.07. The molecule has 0 unspecified atom stereocenters. The molecule has 1 N–H and O–H groups in total. The summed E-state index contributed by atoms with van der Waals surface area (Å²) in [5, 5.41) is 9.38. The first kappa shape index (κ1) is 15.5. The molecule has 5 heteroatoms. The highest BCUT2D eigenvalue weighted by Crippen LogP contribution is 2.22. The Kier molecular flexibility index (Phi) is 5.33. The number of carboxylic acid groups (broad SMARTS) is 1. The molecule has 0 atom stereocenters. The molecular formula is C16H18O4S. The zero-order valence-corrected chi connectivity index (χ0v) is 12.9. The standard InChI is InChI=1S/C16H18O4S/c1-11-4-5-13(10-12(11)2)19-8-3-9-21-15-7-6-14(20-15)16(17)18/h4-7,10H,3,8-9H2,1-2H3,(H,17,18). The van der Waals surface area contributed by atoms with Crippen LogP contribution in [0.4, 0.5) is 0 Å². The maximum Gasteiger partial charge on any atom is 0.371 e. The average molecular weight is 306 g/mol. The largest absolute Gasteiger partial charge is 0.494 e. The molecule has 0 saturated carbocycles. The van der Waals surface area contributed by atoms with Gasteiger partial charge in [-0.05, 0) is 55.7 Å². The molecule has 0 spiro atoms. The van der Waals surface area contributed by atoms with E-state index < -0.39 is 5.97 Å². The summed E-state index contributed by atoms with van der Waals surface area (Å²) in [4.78, 5) is 10.7. The summed E-state index contributed by atoms with van der Waals surface area (Å²) < 4.78 is 10.8. The molecule has 0 bridgehead atoms. The Morgan fingerprint density at radius 2 is 2.05 bits per heavy atom. The molecule has 0 saturated heterocycles. The molecule has 4 nitrogen and oxygen atoms in total. The monoisotopic (exact) mass is 306 g/mol. The highest BCUT2D eigenvalue weighted by Gasteiger charge is 2.08. The number of benzene rings is 1. The normalized spacial score (nSPS) is 10.6. The molecule has 1 aromatic carbocycles. The Morgan fingerprint density at radius 1 is 1.24 bits per heavy atom. The van der Waals surface area contributed by atoms with Gasteiger partial charge in [-0.3, -0.25) is 0 Å². The van der Waals surface area contributed by atoms with Gasteiger partial charge in [-0.1, -0.05) is 17.8 Å². The minimum atomic E-state index is -1.04. The number of carboxylic acids is 1. The van der Waals surface area contributed by atoms with Gasteiger partial charge in [0.2, 0.25) is 5.76 Å². The molecule has 0 fully saturated rings. The topological polar surface area (TPSA) is 59.7 Å². The van der Waals surface area contributed by atoms with Crippen LogP contribution in [0.1, 0.15) is 28.1 Å². The summed E-state index contributed by atoms with van der Waals surface area (Å²) >= 11 is 1.49. The van der Waals surface area contributed by atoms with E-state index in [0.717, 1.165) is 17.9 Å². The van der Waals surface area contributed by atoms with Gasteiger partial charge in [0.25, 0.3) is 0 Å². The van der Waals surface area contributed by atoms with Gasteiger partial charge in [0.15, 0.2) is 5.09 Å². The number of rotatable bonds is 7. The third-order valence-corrected chi connectivity index (χ3v) is 4.07. The first-order valence-electron chi connectivity index (χ1n) is 6.72. The summed E-state index contributed by atoms with van der Waals surface area (Å²) in [6, 6.07) is 9.21. The number of aromatic carboxylic acids is 1. The van der Waals surface area contributed by atoms with Crippen molar-refractivity contribution >= 4 is 17.7 Å². The van der Waals surface area contributed by atoms with Gasteiger partial charge in [-0.25, -0.2) is 4.79 Å². The maximum absolute atomic E-state index is 10.7. The predicted octanol–water partition coefficient (Wildman–Crippen LogP) is 4.16. The minimum Gasteiger partial charge on any atom is -0.494 e. The second-order valence-electron chi connectivity index (χ2n) is 4.72. The average Bonchev–Trinajstić information content (AvgIpc) is 2.91. The maximum atomic E-state index is 10.7. The first-order chi connectivity index (χ1) is 10.1. The van der Waals surface area contributed by atoms with Crippen LogP contribution >= 0.6 is 11.8 Å². The van der Waals surface area contributed by atoms with Crippen molar-refractivity contribution in [2.45, 2.75) is 25.4 Å². The molecule has 0 radical (unpaired) electrons. The Balaban J connectivity index is 1.69. The highest BCUT2D eigenvalue weighted by atomic mass is 32.2. The van der Waals surface area contributed by atoms with E-state index in [1.165, 1.54) is 29.0 Å². The lowest BCUT2D eigenvalue weighted by Crippen LogP contribution is -1.99. The predicted molar refractivity (Wildman–Crippen MR) is 82.4 cm³/mol. The summed E-state index contributed by atoms with van der Waals surface area (Å²) in [5.74, 6) is 0.635. The Labute approximate surface area is 128 Å². The summed E-state index contributed by atoms with van der Waals surface area (Å²) in [6.45, 7) is 4.77. The first-order valence-corrected chi connectivity index (χ1v) is 7.71. The van der Waals surface area contributed by atoms with Crippen molar-refractivity contribution in [1.29, 1.82) is 0 Å². The zero-order chi connectivity index (χ0) is 15.2. The minimum absolute atomic E-state index is 0.0242. The molecule has 0 aliphatic carbocycles. The quantitative estimate of drug-likeness (QED) is 0.615. The van der Waals surface area contributed by atoms with Crippen LogP contribution in [-0.2, 0) is 0 Å². The second-order valence-corrected chi connectivity index (χ2v) is 5.82. The Bertz CT molecular complexity index is 618. The summed E-state index contributed by atoms with van der Waals surface area (Å²) in [7, 11) is 0. The van der Waals surface area contributed by atoms with Crippen LogP contribution in [0.15, 0.2) is 39.8 Å². The zero-order valence-electron chi connectivity index (χ0n) is 12.1. The second kappa shape index (κ2) is 7.22.